The van der Waals surface area contributed by atoms with Crippen LogP contribution in [0.4, 0.5) is 5.69 Å². The number of hydrogen-bond acceptors (Lipinski definition) is 4. The third-order valence-electron chi connectivity index (χ3n) is 4.65. The molecule has 0 unspecified atom stereocenters. The van der Waals surface area contributed by atoms with E-state index in [1.807, 2.05) is 30.3 Å². The minimum atomic E-state index is -3.27. The maximum absolute atomic E-state index is 12.5. The molecule has 1 atom stereocenters. The molecule has 0 spiro atoms. The molecule has 1 aliphatic heterocycles. The van der Waals surface area contributed by atoms with E-state index in [0.29, 0.717) is 18.8 Å². The van der Waals surface area contributed by atoms with E-state index in [1.165, 1.54) is 12.1 Å². The summed E-state index contributed by atoms with van der Waals surface area (Å²) in [5.41, 5.74) is 1.67. The fraction of sp³-hybridized carbons (Fsp3) is 0.300. The highest BCUT2D eigenvalue weighted by Gasteiger charge is 2.34. The number of carbonyl (C=O) groups is 2. The quantitative estimate of drug-likeness (QED) is 0.824. The maximum Gasteiger partial charge on any atom is 0.229 e. The van der Waals surface area contributed by atoms with Gasteiger partial charge in [-0.2, -0.15) is 0 Å². The minimum absolute atomic E-state index is 0.0153. The van der Waals surface area contributed by atoms with Gasteiger partial charge in [0.2, 0.25) is 11.8 Å². The van der Waals surface area contributed by atoms with Crippen LogP contribution in [0.15, 0.2) is 59.5 Å². The molecule has 0 aliphatic carbocycles. The Hall–Kier alpha value is -2.67. The lowest BCUT2D eigenvalue weighted by molar-refractivity contribution is -0.128. The smallest absolute Gasteiger partial charge is 0.229 e. The first kappa shape index (κ1) is 19.1. The Morgan fingerprint density at radius 1 is 1.11 bits per heavy atom. The molecule has 142 valence electrons. The van der Waals surface area contributed by atoms with E-state index in [9.17, 15) is 18.0 Å². The molecule has 1 aliphatic rings. The summed E-state index contributed by atoms with van der Waals surface area (Å²) in [6.45, 7) is 0.995. The summed E-state index contributed by atoms with van der Waals surface area (Å²) in [5.74, 6) is -0.640. The lowest BCUT2D eigenvalue weighted by Crippen LogP contribution is -2.30. The zero-order chi connectivity index (χ0) is 19.4. The van der Waals surface area contributed by atoms with Gasteiger partial charge in [0.1, 0.15) is 0 Å². The average Bonchev–Trinajstić information content (AvgIpc) is 3.01. The van der Waals surface area contributed by atoms with Crippen molar-refractivity contribution in [3.05, 3.63) is 60.2 Å². The fourth-order valence-electron chi connectivity index (χ4n) is 3.10. The minimum Gasteiger partial charge on any atom is -0.342 e. The van der Waals surface area contributed by atoms with Crippen LogP contribution < -0.4 is 5.32 Å². The first-order chi connectivity index (χ1) is 12.8. The standard InChI is InChI=1S/C20H22N2O4S/c1-27(25,26)18-9-7-17(8-10-18)21-20(24)16-13-19(23)22(14-16)12-11-15-5-3-2-4-6-15/h2-10,16H,11-14H2,1H3,(H,21,24)/t16-/m1/s1. The second-order valence-electron chi connectivity index (χ2n) is 6.76. The topological polar surface area (TPSA) is 83.5 Å². The number of benzene rings is 2. The number of likely N-dealkylation sites (tertiary alicyclic amines) is 1. The van der Waals surface area contributed by atoms with E-state index >= 15 is 0 Å². The summed E-state index contributed by atoms with van der Waals surface area (Å²) in [6.07, 6.45) is 2.09. The Bertz CT molecular complexity index is 924. The number of rotatable bonds is 6. The van der Waals surface area contributed by atoms with Crippen LogP contribution in [0, 0.1) is 5.92 Å². The lowest BCUT2D eigenvalue weighted by atomic mass is 10.1. The largest absolute Gasteiger partial charge is 0.342 e. The third kappa shape index (κ3) is 4.95. The zero-order valence-electron chi connectivity index (χ0n) is 15.1. The molecule has 7 heteroatoms. The van der Waals surface area contributed by atoms with Crippen LogP contribution in [0.3, 0.4) is 0 Å². The molecule has 2 amide bonds. The number of anilines is 1. The van der Waals surface area contributed by atoms with Crippen LogP contribution in [0.2, 0.25) is 0 Å². The Morgan fingerprint density at radius 2 is 1.78 bits per heavy atom. The number of nitrogens with zero attached hydrogens (tertiary/aromatic N) is 1. The summed E-state index contributed by atoms with van der Waals surface area (Å²) in [5, 5.41) is 2.76. The molecule has 2 aromatic carbocycles. The van der Waals surface area contributed by atoms with Gasteiger partial charge < -0.3 is 10.2 Å². The number of hydrogen-bond donors (Lipinski definition) is 1. The van der Waals surface area contributed by atoms with Crippen LogP contribution in [0.25, 0.3) is 0 Å². The molecule has 6 nitrogen and oxygen atoms in total. The van der Waals surface area contributed by atoms with Crippen molar-refractivity contribution in [2.24, 2.45) is 5.92 Å². The molecule has 0 bridgehead atoms. The van der Waals surface area contributed by atoms with Crippen LogP contribution in [-0.4, -0.2) is 44.5 Å². The Labute approximate surface area is 159 Å². The first-order valence-electron chi connectivity index (χ1n) is 8.75. The van der Waals surface area contributed by atoms with E-state index in [0.717, 1.165) is 18.2 Å². The zero-order valence-corrected chi connectivity index (χ0v) is 15.9. The Balaban J connectivity index is 1.55. The van der Waals surface area contributed by atoms with Crippen LogP contribution >= 0.6 is 0 Å². The molecule has 27 heavy (non-hydrogen) atoms. The normalized spacial score (nSPS) is 17.1. The molecule has 1 N–H and O–H groups in total. The Morgan fingerprint density at radius 3 is 2.41 bits per heavy atom. The maximum atomic E-state index is 12.5. The van der Waals surface area contributed by atoms with Gasteiger partial charge in [-0.05, 0) is 36.2 Å². The van der Waals surface area contributed by atoms with Gasteiger partial charge in [0.05, 0.1) is 10.8 Å². The summed E-state index contributed by atoms with van der Waals surface area (Å²) in [7, 11) is -3.27. The predicted octanol–water partition coefficient (Wildman–Crippen LogP) is 2.12. The van der Waals surface area contributed by atoms with Gasteiger partial charge in [-0.25, -0.2) is 8.42 Å². The summed E-state index contributed by atoms with van der Waals surface area (Å²) in [4.78, 5) is 26.6. The molecular weight excluding hydrogens is 364 g/mol. The second kappa shape index (κ2) is 7.92. The highest BCUT2D eigenvalue weighted by molar-refractivity contribution is 7.90. The van der Waals surface area contributed by atoms with Crippen molar-refractivity contribution in [2.75, 3.05) is 24.7 Å². The molecule has 0 radical (unpaired) electrons. The van der Waals surface area contributed by atoms with Crippen molar-refractivity contribution in [1.82, 2.24) is 4.90 Å². The van der Waals surface area contributed by atoms with Crippen molar-refractivity contribution in [2.45, 2.75) is 17.7 Å². The van der Waals surface area contributed by atoms with Crippen molar-refractivity contribution >= 4 is 27.3 Å². The molecule has 1 fully saturated rings. The number of amides is 2. The van der Waals surface area contributed by atoms with Crippen molar-refractivity contribution in [3.8, 4) is 0 Å². The van der Waals surface area contributed by atoms with E-state index in [-0.39, 0.29) is 23.1 Å². The van der Waals surface area contributed by atoms with Crippen molar-refractivity contribution in [1.29, 1.82) is 0 Å². The third-order valence-corrected chi connectivity index (χ3v) is 5.78. The summed E-state index contributed by atoms with van der Waals surface area (Å²) >= 11 is 0. The monoisotopic (exact) mass is 386 g/mol. The van der Waals surface area contributed by atoms with Gasteiger partial charge in [0.15, 0.2) is 9.84 Å². The molecule has 0 saturated carbocycles. The van der Waals surface area contributed by atoms with Crippen LogP contribution in [-0.2, 0) is 25.8 Å². The van der Waals surface area contributed by atoms with Crippen LogP contribution in [0.5, 0.6) is 0 Å². The van der Waals surface area contributed by atoms with Gasteiger partial charge in [-0.3, -0.25) is 9.59 Å². The molecule has 3 rings (SSSR count). The highest BCUT2D eigenvalue weighted by Crippen LogP contribution is 2.21. The van der Waals surface area contributed by atoms with Gasteiger partial charge in [-0.1, -0.05) is 30.3 Å². The van der Waals surface area contributed by atoms with Gasteiger partial charge in [-0.15, -0.1) is 0 Å². The van der Waals surface area contributed by atoms with E-state index < -0.39 is 15.8 Å². The van der Waals surface area contributed by atoms with E-state index in [2.05, 4.69) is 5.32 Å². The molecule has 1 saturated heterocycles. The van der Waals surface area contributed by atoms with Gasteiger partial charge in [0.25, 0.3) is 0 Å². The SMILES string of the molecule is CS(=O)(=O)c1ccc(NC(=O)[C@@H]2CC(=O)N(CCc3ccccc3)C2)cc1. The number of carbonyl (C=O) groups excluding carboxylic acids is 2. The Kier molecular flexibility index (Phi) is 5.60. The highest BCUT2D eigenvalue weighted by atomic mass is 32.2. The van der Waals surface area contributed by atoms with Gasteiger partial charge >= 0.3 is 0 Å². The first-order valence-corrected chi connectivity index (χ1v) is 10.6. The average molecular weight is 386 g/mol. The van der Waals surface area contributed by atoms with Crippen molar-refractivity contribution in [3.63, 3.8) is 0 Å². The van der Waals surface area contributed by atoms with E-state index in [1.54, 1.807) is 17.0 Å². The fourth-order valence-corrected chi connectivity index (χ4v) is 3.73. The summed E-state index contributed by atoms with van der Waals surface area (Å²) < 4.78 is 23.0. The van der Waals surface area contributed by atoms with E-state index in [4.69, 9.17) is 0 Å². The second-order valence-corrected chi connectivity index (χ2v) is 8.78. The molecule has 2 aromatic rings. The van der Waals surface area contributed by atoms with Gasteiger partial charge in [0, 0.05) is 31.5 Å². The molecule has 0 aromatic heterocycles. The molecule has 1 heterocycles. The molecular formula is C20H22N2O4S. The predicted molar refractivity (Wildman–Crippen MR) is 103 cm³/mol. The lowest BCUT2D eigenvalue weighted by Gasteiger charge is -2.16. The van der Waals surface area contributed by atoms with Crippen LogP contribution in [0.1, 0.15) is 12.0 Å². The number of nitrogens with one attached hydrogen (secondary N) is 1. The number of sulfone groups is 1. The summed E-state index contributed by atoms with van der Waals surface area (Å²) in [6, 6.07) is 15.9. The van der Waals surface area contributed by atoms with Crippen molar-refractivity contribution < 1.29 is 18.0 Å².